The van der Waals surface area contributed by atoms with Crippen LogP contribution in [0.25, 0.3) is 0 Å². The van der Waals surface area contributed by atoms with Crippen LogP contribution in [0.1, 0.15) is 36.8 Å². The minimum atomic E-state index is -1.00. The Balaban J connectivity index is 2.05. The van der Waals surface area contributed by atoms with E-state index in [-0.39, 0.29) is 17.3 Å². The highest BCUT2D eigenvalue weighted by molar-refractivity contribution is 5.97. The molecule has 0 bridgehead atoms. The molecule has 154 valence electrons. The fraction of sp³-hybridized carbons (Fsp3) is 0.190. The topological polar surface area (TPSA) is 111 Å². The van der Waals surface area contributed by atoms with Crippen molar-refractivity contribution < 1.29 is 24.0 Å². The zero-order valence-electron chi connectivity index (χ0n) is 16.4. The van der Waals surface area contributed by atoms with Gasteiger partial charge >= 0.3 is 5.97 Å². The number of carbonyl (C=O) groups excluding carboxylic acids is 2. The van der Waals surface area contributed by atoms with Gasteiger partial charge in [0.2, 0.25) is 18.0 Å². The van der Waals surface area contributed by atoms with Gasteiger partial charge in [0.15, 0.2) is 0 Å². The van der Waals surface area contributed by atoms with E-state index in [0.717, 1.165) is 5.01 Å². The van der Waals surface area contributed by atoms with Gasteiger partial charge in [-0.2, -0.15) is 5.01 Å². The van der Waals surface area contributed by atoms with E-state index in [1.807, 2.05) is 0 Å². The molecule has 0 saturated heterocycles. The first-order valence-corrected chi connectivity index (χ1v) is 9.02. The van der Waals surface area contributed by atoms with E-state index >= 15 is 0 Å². The second-order valence-electron chi connectivity index (χ2n) is 6.47. The maximum atomic E-state index is 12.2. The predicted octanol–water partition coefficient (Wildman–Crippen LogP) is 3.49. The normalized spacial score (nSPS) is 15.2. The standard InChI is InChI=1S/C21H19N3O6/c1-4-7-15-8-6-11-18(19(15)29-14(3)26)21-23(13(2)25)22-20(30-21)16-9-5-10-17(12-16)24(27)28/h4-6,8-12,21H,1,7H2,2-3H3/t21-/m1/s1. The van der Waals surface area contributed by atoms with E-state index < -0.39 is 23.0 Å². The van der Waals surface area contributed by atoms with Crippen LogP contribution in [-0.2, 0) is 20.7 Å². The molecule has 1 atom stereocenters. The third-order valence-corrected chi connectivity index (χ3v) is 4.27. The largest absolute Gasteiger partial charge is 0.446 e. The zero-order valence-corrected chi connectivity index (χ0v) is 16.4. The first kappa shape index (κ1) is 20.7. The Labute approximate surface area is 172 Å². The molecule has 0 aromatic heterocycles. The summed E-state index contributed by atoms with van der Waals surface area (Å²) in [7, 11) is 0. The number of para-hydroxylation sites is 1. The molecule has 0 spiro atoms. The summed E-state index contributed by atoms with van der Waals surface area (Å²) in [6.07, 6.45) is 1.09. The van der Waals surface area contributed by atoms with Crippen molar-refractivity contribution in [1.82, 2.24) is 5.01 Å². The summed E-state index contributed by atoms with van der Waals surface area (Å²) in [5, 5.41) is 16.4. The first-order chi connectivity index (χ1) is 14.3. The van der Waals surface area contributed by atoms with Crippen molar-refractivity contribution in [1.29, 1.82) is 0 Å². The molecule has 9 heteroatoms. The summed E-state index contributed by atoms with van der Waals surface area (Å²) in [5.41, 5.74) is 1.32. The highest BCUT2D eigenvalue weighted by Gasteiger charge is 2.36. The number of hydrogen-bond donors (Lipinski definition) is 0. The molecule has 30 heavy (non-hydrogen) atoms. The fourth-order valence-electron chi connectivity index (χ4n) is 3.02. The second-order valence-corrected chi connectivity index (χ2v) is 6.47. The van der Waals surface area contributed by atoms with Crippen LogP contribution in [0.15, 0.2) is 60.2 Å². The van der Waals surface area contributed by atoms with E-state index in [1.54, 1.807) is 30.3 Å². The molecule has 1 amide bonds. The fourth-order valence-corrected chi connectivity index (χ4v) is 3.02. The molecular formula is C21H19N3O6. The van der Waals surface area contributed by atoms with E-state index in [0.29, 0.717) is 23.1 Å². The van der Waals surface area contributed by atoms with Crippen LogP contribution in [0.4, 0.5) is 5.69 Å². The molecule has 0 saturated carbocycles. The molecule has 1 heterocycles. The molecular weight excluding hydrogens is 390 g/mol. The van der Waals surface area contributed by atoms with Crippen molar-refractivity contribution in [3.05, 3.63) is 81.9 Å². The summed E-state index contributed by atoms with van der Waals surface area (Å²) in [6.45, 7) is 6.30. The predicted molar refractivity (Wildman–Crippen MR) is 108 cm³/mol. The van der Waals surface area contributed by atoms with Crippen LogP contribution in [0.5, 0.6) is 5.75 Å². The Morgan fingerprint density at radius 3 is 2.67 bits per heavy atom. The number of ether oxygens (including phenoxy) is 2. The molecule has 3 rings (SSSR count). The number of hydrazone groups is 1. The molecule has 0 aliphatic carbocycles. The van der Waals surface area contributed by atoms with Crippen LogP contribution in [0.2, 0.25) is 0 Å². The highest BCUT2D eigenvalue weighted by atomic mass is 16.6. The molecule has 2 aromatic carbocycles. The molecule has 0 unspecified atom stereocenters. The first-order valence-electron chi connectivity index (χ1n) is 9.02. The van der Waals surface area contributed by atoms with Gasteiger partial charge in [0.1, 0.15) is 5.75 Å². The number of carbonyl (C=O) groups is 2. The third-order valence-electron chi connectivity index (χ3n) is 4.27. The number of esters is 1. The monoisotopic (exact) mass is 409 g/mol. The van der Waals surface area contributed by atoms with Gasteiger partial charge in [0.25, 0.3) is 5.69 Å². The van der Waals surface area contributed by atoms with Gasteiger partial charge in [-0.15, -0.1) is 11.7 Å². The molecule has 9 nitrogen and oxygen atoms in total. The SMILES string of the molecule is C=CCc1cccc([C@H]2OC(c3cccc([N+](=O)[O-])c3)=NN2C(C)=O)c1OC(C)=O. The summed E-state index contributed by atoms with van der Waals surface area (Å²) < 4.78 is 11.3. The van der Waals surface area contributed by atoms with Crippen molar-refractivity contribution in [2.24, 2.45) is 5.10 Å². The van der Waals surface area contributed by atoms with Crippen molar-refractivity contribution in [3.8, 4) is 5.75 Å². The number of hydrogen-bond acceptors (Lipinski definition) is 7. The van der Waals surface area contributed by atoms with Gasteiger partial charge in [-0.1, -0.05) is 24.3 Å². The third kappa shape index (κ3) is 4.19. The average molecular weight is 409 g/mol. The number of allylic oxidation sites excluding steroid dienone is 1. The van der Waals surface area contributed by atoms with Crippen LogP contribution in [0, 0.1) is 10.1 Å². The van der Waals surface area contributed by atoms with E-state index in [1.165, 1.54) is 32.0 Å². The lowest BCUT2D eigenvalue weighted by atomic mass is 10.0. The molecule has 0 fully saturated rings. The minimum Gasteiger partial charge on any atom is -0.446 e. The second kappa shape index (κ2) is 8.56. The van der Waals surface area contributed by atoms with Gasteiger partial charge in [-0.3, -0.25) is 19.7 Å². The number of benzene rings is 2. The van der Waals surface area contributed by atoms with Gasteiger partial charge < -0.3 is 9.47 Å². The molecule has 1 aliphatic heterocycles. The summed E-state index contributed by atoms with van der Waals surface area (Å²) in [5.74, 6) is -0.637. The summed E-state index contributed by atoms with van der Waals surface area (Å²) >= 11 is 0. The van der Waals surface area contributed by atoms with Gasteiger partial charge in [-0.25, -0.2) is 0 Å². The van der Waals surface area contributed by atoms with Gasteiger partial charge in [0.05, 0.1) is 10.5 Å². The molecule has 1 aliphatic rings. The summed E-state index contributed by atoms with van der Waals surface area (Å²) in [4.78, 5) is 34.5. The van der Waals surface area contributed by atoms with Crippen LogP contribution in [-0.4, -0.2) is 27.7 Å². The Bertz CT molecular complexity index is 1060. The maximum absolute atomic E-state index is 12.2. The smallest absolute Gasteiger partial charge is 0.308 e. The van der Waals surface area contributed by atoms with Crippen molar-refractivity contribution >= 4 is 23.5 Å². The number of amides is 1. The molecule has 2 aromatic rings. The lowest BCUT2D eigenvalue weighted by Gasteiger charge is -2.22. The Morgan fingerprint density at radius 2 is 2.03 bits per heavy atom. The highest BCUT2D eigenvalue weighted by Crippen LogP contribution is 2.38. The Kier molecular flexibility index (Phi) is 5.91. The molecule has 0 N–H and O–H groups in total. The van der Waals surface area contributed by atoms with E-state index in [4.69, 9.17) is 9.47 Å². The zero-order chi connectivity index (χ0) is 21.8. The van der Waals surface area contributed by atoms with Crippen LogP contribution >= 0.6 is 0 Å². The van der Waals surface area contributed by atoms with Gasteiger partial charge in [0, 0.05) is 31.5 Å². The van der Waals surface area contributed by atoms with Crippen LogP contribution in [0.3, 0.4) is 0 Å². The van der Waals surface area contributed by atoms with E-state index in [2.05, 4.69) is 11.7 Å². The number of nitrogens with zero attached hydrogens (tertiary/aromatic N) is 3. The number of rotatable bonds is 6. The quantitative estimate of drug-likeness (QED) is 0.237. The number of nitro groups is 1. The Hall–Kier alpha value is -4.01. The lowest BCUT2D eigenvalue weighted by Crippen LogP contribution is -2.26. The van der Waals surface area contributed by atoms with Crippen molar-refractivity contribution in [3.63, 3.8) is 0 Å². The van der Waals surface area contributed by atoms with Crippen LogP contribution < -0.4 is 4.74 Å². The Morgan fingerprint density at radius 1 is 1.30 bits per heavy atom. The van der Waals surface area contributed by atoms with E-state index in [9.17, 15) is 19.7 Å². The van der Waals surface area contributed by atoms with Crippen molar-refractivity contribution in [2.45, 2.75) is 26.5 Å². The van der Waals surface area contributed by atoms with Gasteiger partial charge in [-0.05, 0) is 24.1 Å². The number of non-ortho nitro benzene ring substituents is 1. The summed E-state index contributed by atoms with van der Waals surface area (Å²) in [6, 6.07) is 10.9. The number of nitro benzene ring substituents is 1. The minimum absolute atomic E-state index is 0.0433. The molecule has 0 radical (unpaired) electrons. The average Bonchev–Trinajstić information content (AvgIpc) is 3.15. The maximum Gasteiger partial charge on any atom is 0.308 e. The van der Waals surface area contributed by atoms with Crippen molar-refractivity contribution in [2.75, 3.05) is 0 Å². The lowest BCUT2D eigenvalue weighted by molar-refractivity contribution is -0.384.